The number of benzene rings is 4. The van der Waals surface area contributed by atoms with Crippen LogP contribution in [-0.2, 0) is 0 Å². The molecule has 3 nitrogen and oxygen atoms in total. The Morgan fingerprint density at radius 1 is 0.758 bits per heavy atom. The molecule has 3 heteroatoms. The maximum absolute atomic E-state index is 9.76. The quantitative estimate of drug-likeness (QED) is 0.202. The van der Waals surface area contributed by atoms with E-state index < -0.39 is 0 Å². The van der Waals surface area contributed by atoms with Crippen molar-refractivity contribution in [3.05, 3.63) is 89.0 Å². The number of nitrogen functional groups attached to an aromatic ring is 1. The lowest BCUT2D eigenvalue weighted by molar-refractivity contribution is 0.576. The zero-order valence-corrected chi connectivity index (χ0v) is 19.5. The Balaban J connectivity index is 0.000000454. The van der Waals surface area contributed by atoms with Crippen molar-refractivity contribution in [3.8, 4) is 12.1 Å². The molecule has 0 aliphatic rings. The smallest absolute Gasteiger partial charge is 0.100 e. The van der Waals surface area contributed by atoms with Gasteiger partial charge in [0.15, 0.2) is 0 Å². The van der Waals surface area contributed by atoms with E-state index in [0.717, 1.165) is 44.3 Å². The number of rotatable bonds is 4. The van der Waals surface area contributed by atoms with E-state index >= 15 is 0 Å². The van der Waals surface area contributed by atoms with Crippen molar-refractivity contribution >= 4 is 39.4 Å². The van der Waals surface area contributed by atoms with Crippen LogP contribution in [0.4, 0.5) is 5.69 Å². The number of hydrogen-bond acceptors (Lipinski definition) is 3. The lowest BCUT2D eigenvalue weighted by Gasteiger charge is -2.09. The van der Waals surface area contributed by atoms with Crippen LogP contribution in [0.1, 0.15) is 55.9 Å². The van der Waals surface area contributed by atoms with E-state index in [-0.39, 0.29) is 0 Å². The summed E-state index contributed by atoms with van der Waals surface area (Å²) in [4.78, 5) is 0. The molecule has 0 bridgehead atoms. The predicted molar refractivity (Wildman–Crippen MR) is 140 cm³/mol. The highest BCUT2D eigenvalue weighted by Gasteiger charge is 2.13. The standard InChI is InChI=1S/C24H15N3.C6H14/c25-14-23-19-3-1-2-4-20(19)24(15-26)22-13-17(9-12-21(22)23)6-5-16-7-10-18(27)11-8-16;1-4-5-6(2)3/h1-13H,27H2;6H,4-5H2,1-3H3. The highest BCUT2D eigenvalue weighted by Crippen LogP contribution is 2.33. The third-order valence-electron chi connectivity index (χ3n) is 5.54. The second-order valence-electron chi connectivity index (χ2n) is 8.51. The van der Waals surface area contributed by atoms with Gasteiger partial charge < -0.3 is 5.73 Å². The summed E-state index contributed by atoms with van der Waals surface area (Å²) in [5.41, 5.74) is 9.66. The third kappa shape index (κ3) is 5.59. The SMILES string of the molecule is CCCC(C)C.N#Cc1c2ccccc2c(C#N)c2cc(C=Cc3ccc(N)cc3)ccc12. The van der Waals surface area contributed by atoms with Crippen LogP contribution in [0.3, 0.4) is 0 Å². The summed E-state index contributed by atoms with van der Waals surface area (Å²) in [5.74, 6) is 0.898. The van der Waals surface area contributed by atoms with Crippen LogP contribution < -0.4 is 5.73 Å². The number of anilines is 1. The monoisotopic (exact) mass is 431 g/mol. The van der Waals surface area contributed by atoms with Gasteiger partial charge >= 0.3 is 0 Å². The Kier molecular flexibility index (Phi) is 7.85. The van der Waals surface area contributed by atoms with Crippen LogP contribution in [0, 0.1) is 28.6 Å². The first kappa shape index (κ1) is 23.6. The fourth-order valence-electron chi connectivity index (χ4n) is 3.92. The molecule has 2 N–H and O–H groups in total. The predicted octanol–water partition coefficient (Wildman–Crippen LogP) is 7.93. The molecule has 0 atom stereocenters. The molecule has 0 saturated carbocycles. The van der Waals surface area contributed by atoms with Crippen molar-refractivity contribution in [2.45, 2.75) is 33.6 Å². The van der Waals surface area contributed by atoms with E-state index in [1.807, 2.05) is 78.9 Å². The summed E-state index contributed by atoms with van der Waals surface area (Å²) in [6.07, 6.45) is 6.70. The summed E-state index contributed by atoms with van der Waals surface area (Å²) in [6.45, 7) is 6.73. The van der Waals surface area contributed by atoms with Gasteiger partial charge in [0.1, 0.15) is 12.1 Å². The van der Waals surface area contributed by atoms with Crippen LogP contribution in [-0.4, -0.2) is 0 Å². The fraction of sp³-hybridized carbons (Fsp3) is 0.200. The van der Waals surface area contributed by atoms with E-state index in [0.29, 0.717) is 11.1 Å². The second kappa shape index (κ2) is 11.0. The first-order chi connectivity index (χ1) is 16.0. The molecule has 4 rings (SSSR count). The molecule has 0 heterocycles. The van der Waals surface area contributed by atoms with Gasteiger partial charge in [-0.2, -0.15) is 10.5 Å². The molecule has 4 aromatic carbocycles. The van der Waals surface area contributed by atoms with Crippen molar-refractivity contribution in [3.63, 3.8) is 0 Å². The van der Waals surface area contributed by atoms with Gasteiger partial charge in [0.25, 0.3) is 0 Å². The molecule has 0 aliphatic carbocycles. The summed E-state index contributed by atoms with van der Waals surface area (Å²) >= 11 is 0. The highest BCUT2D eigenvalue weighted by atomic mass is 14.5. The molecule has 0 amide bonds. The summed E-state index contributed by atoms with van der Waals surface area (Å²) in [7, 11) is 0. The Hall–Kier alpha value is -4.08. The fourth-order valence-corrected chi connectivity index (χ4v) is 3.92. The average molecular weight is 432 g/mol. The Morgan fingerprint density at radius 2 is 1.27 bits per heavy atom. The van der Waals surface area contributed by atoms with Crippen LogP contribution in [0.15, 0.2) is 66.7 Å². The zero-order valence-electron chi connectivity index (χ0n) is 19.5. The lowest BCUT2D eigenvalue weighted by atomic mass is 9.91. The number of nitrogens with two attached hydrogens (primary N) is 1. The molecular weight excluding hydrogens is 402 g/mol. The highest BCUT2D eigenvalue weighted by molar-refractivity contribution is 6.09. The normalized spacial score (nSPS) is 10.7. The summed E-state index contributed by atoms with van der Waals surface area (Å²) in [5, 5.41) is 22.7. The molecular formula is C30H29N3. The van der Waals surface area contributed by atoms with Crippen LogP contribution in [0.2, 0.25) is 0 Å². The van der Waals surface area contributed by atoms with E-state index in [1.54, 1.807) is 0 Å². The minimum atomic E-state index is 0.599. The van der Waals surface area contributed by atoms with Gasteiger partial charge in [-0.1, -0.05) is 94.3 Å². The lowest BCUT2D eigenvalue weighted by Crippen LogP contribution is -1.90. The van der Waals surface area contributed by atoms with Crippen LogP contribution in [0.5, 0.6) is 0 Å². The van der Waals surface area contributed by atoms with Gasteiger partial charge in [0.2, 0.25) is 0 Å². The molecule has 0 fully saturated rings. The molecule has 0 spiro atoms. The average Bonchev–Trinajstić information content (AvgIpc) is 2.82. The van der Waals surface area contributed by atoms with Gasteiger partial charge in [-0.25, -0.2) is 0 Å². The molecule has 0 saturated heterocycles. The van der Waals surface area contributed by atoms with Gasteiger partial charge in [-0.3, -0.25) is 0 Å². The molecule has 0 aromatic heterocycles. The first-order valence-electron chi connectivity index (χ1n) is 11.3. The van der Waals surface area contributed by atoms with Crippen LogP contribution in [0.25, 0.3) is 33.7 Å². The minimum absolute atomic E-state index is 0.599. The topological polar surface area (TPSA) is 73.6 Å². The minimum Gasteiger partial charge on any atom is -0.399 e. The zero-order chi connectivity index (χ0) is 23.8. The Labute approximate surface area is 196 Å². The van der Waals surface area contributed by atoms with Crippen molar-refractivity contribution in [2.75, 3.05) is 5.73 Å². The van der Waals surface area contributed by atoms with Crippen molar-refractivity contribution in [1.29, 1.82) is 10.5 Å². The summed E-state index contributed by atoms with van der Waals surface area (Å²) < 4.78 is 0. The molecule has 0 unspecified atom stereocenters. The summed E-state index contributed by atoms with van der Waals surface area (Å²) in [6, 6.07) is 25.7. The molecule has 0 radical (unpaired) electrons. The number of nitrogens with zero attached hydrogens (tertiary/aromatic N) is 2. The van der Waals surface area contributed by atoms with E-state index in [2.05, 4.69) is 32.9 Å². The maximum atomic E-state index is 9.76. The van der Waals surface area contributed by atoms with E-state index in [1.165, 1.54) is 12.8 Å². The number of fused-ring (bicyclic) bond motifs is 2. The number of nitriles is 2. The third-order valence-corrected chi connectivity index (χ3v) is 5.54. The van der Waals surface area contributed by atoms with Crippen molar-refractivity contribution in [1.82, 2.24) is 0 Å². The molecule has 33 heavy (non-hydrogen) atoms. The van der Waals surface area contributed by atoms with E-state index in [9.17, 15) is 10.5 Å². The van der Waals surface area contributed by atoms with Gasteiger partial charge in [-0.15, -0.1) is 0 Å². The molecule has 164 valence electrons. The second-order valence-corrected chi connectivity index (χ2v) is 8.51. The van der Waals surface area contributed by atoms with E-state index in [4.69, 9.17) is 5.73 Å². The van der Waals surface area contributed by atoms with Crippen molar-refractivity contribution < 1.29 is 0 Å². The first-order valence-corrected chi connectivity index (χ1v) is 11.3. The van der Waals surface area contributed by atoms with Crippen molar-refractivity contribution in [2.24, 2.45) is 5.92 Å². The van der Waals surface area contributed by atoms with Gasteiger partial charge in [0, 0.05) is 27.2 Å². The maximum Gasteiger partial charge on any atom is 0.100 e. The Morgan fingerprint density at radius 3 is 1.79 bits per heavy atom. The van der Waals surface area contributed by atoms with Crippen LogP contribution >= 0.6 is 0 Å². The Bertz CT molecular complexity index is 1360. The van der Waals surface area contributed by atoms with Gasteiger partial charge in [0.05, 0.1) is 11.1 Å². The number of hydrogen-bond donors (Lipinski definition) is 1. The largest absolute Gasteiger partial charge is 0.399 e. The van der Waals surface area contributed by atoms with Gasteiger partial charge in [-0.05, 0) is 35.2 Å². The molecule has 4 aromatic rings. The molecule has 0 aliphatic heterocycles.